The number of rotatable bonds is 8. The van der Waals surface area contributed by atoms with Crippen molar-refractivity contribution in [2.24, 2.45) is 0 Å². The van der Waals surface area contributed by atoms with Crippen LogP contribution in [0.2, 0.25) is 0 Å². The number of amides is 1. The van der Waals surface area contributed by atoms with Gasteiger partial charge < -0.3 is 10.1 Å². The van der Waals surface area contributed by atoms with E-state index in [1.54, 1.807) is 6.08 Å². The van der Waals surface area contributed by atoms with Crippen molar-refractivity contribution in [1.29, 1.82) is 0 Å². The van der Waals surface area contributed by atoms with Crippen molar-refractivity contribution in [1.82, 2.24) is 5.32 Å². The van der Waals surface area contributed by atoms with Crippen LogP contribution in [-0.4, -0.2) is 25.5 Å². The number of hydrogen-bond donors (Lipinski definition) is 1. The van der Waals surface area contributed by atoms with Gasteiger partial charge in [0.15, 0.2) is 0 Å². The smallest absolute Gasteiger partial charge is 0.305 e. The number of ether oxygens (including phenoxy) is 1. The molecule has 0 spiro atoms. The van der Waals surface area contributed by atoms with E-state index >= 15 is 0 Å². The van der Waals surface area contributed by atoms with Gasteiger partial charge in [-0.2, -0.15) is 0 Å². The zero-order valence-electron chi connectivity index (χ0n) is 12.7. The van der Waals surface area contributed by atoms with Crippen molar-refractivity contribution in [3.8, 4) is 0 Å². The molecular weight excluding hydrogens is 266 g/mol. The molecule has 0 radical (unpaired) electrons. The minimum atomic E-state index is -0.180. The normalized spacial score (nSPS) is 11.0. The van der Waals surface area contributed by atoms with Crippen molar-refractivity contribution in [3.63, 3.8) is 0 Å². The van der Waals surface area contributed by atoms with Crippen LogP contribution >= 0.6 is 0 Å². The maximum Gasteiger partial charge on any atom is 0.305 e. The molecule has 114 valence electrons. The van der Waals surface area contributed by atoms with Crippen molar-refractivity contribution < 1.29 is 14.3 Å². The Hall–Kier alpha value is -2.10. The molecule has 0 bridgehead atoms. The van der Waals surface area contributed by atoms with Gasteiger partial charge in [-0.3, -0.25) is 9.59 Å². The fourth-order valence-corrected chi connectivity index (χ4v) is 1.92. The molecular formula is C17H23NO3. The summed E-state index contributed by atoms with van der Waals surface area (Å²) in [5.74, 6) is -0.259. The highest BCUT2D eigenvalue weighted by Crippen LogP contribution is 2.12. The minimum absolute atomic E-state index is 0.0793. The van der Waals surface area contributed by atoms with E-state index in [1.807, 2.05) is 37.3 Å². The van der Waals surface area contributed by atoms with Crippen LogP contribution in [0.15, 0.2) is 36.4 Å². The van der Waals surface area contributed by atoms with Gasteiger partial charge in [-0.25, -0.2) is 0 Å². The lowest BCUT2D eigenvalue weighted by Crippen LogP contribution is -2.22. The number of allylic oxidation sites excluding steroid dienone is 1. The molecule has 1 amide bonds. The molecule has 0 saturated heterocycles. The molecule has 4 heteroatoms. The summed E-state index contributed by atoms with van der Waals surface area (Å²) in [5, 5.41) is 2.85. The Morgan fingerprint density at radius 3 is 2.52 bits per heavy atom. The zero-order valence-corrected chi connectivity index (χ0v) is 12.7. The molecule has 0 heterocycles. The Morgan fingerprint density at radius 1 is 1.14 bits per heavy atom. The number of unbranched alkanes of at least 4 members (excludes halogenated alkanes) is 2. The van der Waals surface area contributed by atoms with Gasteiger partial charge in [0.1, 0.15) is 0 Å². The van der Waals surface area contributed by atoms with Gasteiger partial charge in [-0.05, 0) is 30.9 Å². The topological polar surface area (TPSA) is 55.4 Å². The van der Waals surface area contributed by atoms with Crippen molar-refractivity contribution in [2.45, 2.75) is 32.6 Å². The summed E-state index contributed by atoms with van der Waals surface area (Å²) in [6.45, 7) is 2.55. The number of nitrogens with one attached hydrogen (secondary N) is 1. The Morgan fingerprint density at radius 2 is 1.86 bits per heavy atom. The molecule has 1 aromatic carbocycles. The SMILES string of the molecule is COC(=O)CCCCCNC(=O)/C=C(\C)c1ccccc1. The highest BCUT2D eigenvalue weighted by atomic mass is 16.5. The quantitative estimate of drug-likeness (QED) is 0.455. The fraction of sp³-hybridized carbons (Fsp3) is 0.412. The number of esters is 1. The molecule has 1 rings (SSSR count). The van der Waals surface area contributed by atoms with Gasteiger partial charge in [0.05, 0.1) is 7.11 Å². The van der Waals surface area contributed by atoms with Crippen molar-refractivity contribution >= 4 is 17.4 Å². The molecule has 4 nitrogen and oxygen atoms in total. The van der Waals surface area contributed by atoms with Gasteiger partial charge in [-0.15, -0.1) is 0 Å². The Bertz CT molecular complexity index is 480. The predicted molar refractivity (Wildman–Crippen MR) is 83.6 cm³/mol. The molecule has 0 aliphatic carbocycles. The zero-order chi connectivity index (χ0) is 15.5. The van der Waals surface area contributed by atoms with E-state index < -0.39 is 0 Å². The van der Waals surface area contributed by atoms with Crippen LogP contribution in [0.25, 0.3) is 5.57 Å². The van der Waals surface area contributed by atoms with E-state index in [9.17, 15) is 9.59 Å². The van der Waals surface area contributed by atoms with Crippen LogP contribution in [0.1, 0.15) is 38.2 Å². The predicted octanol–water partition coefficient (Wildman–Crippen LogP) is 2.94. The number of benzene rings is 1. The first kappa shape index (κ1) is 17.0. The van der Waals surface area contributed by atoms with E-state index in [0.717, 1.165) is 30.4 Å². The van der Waals surface area contributed by atoms with E-state index in [0.29, 0.717) is 13.0 Å². The Labute approximate surface area is 126 Å². The maximum absolute atomic E-state index is 11.8. The number of methoxy groups -OCH3 is 1. The number of carbonyl (C=O) groups is 2. The highest BCUT2D eigenvalue weighted by Gasteiger charge is 2.01. The second-order valence-corrected chi connectivity index (χ2v) is 4.87. The van der Waals surface area contributed by atoms with Gasteiger partial charge in [-0.1, -0.05) is 36.8 Å². The minimum Gasteiger partial charge on any atom is -0.469 e. The highest BCUT2D eigenvalue weighted by molar-refractivity contribution is 5.94. The standard InChI is InChI=1S/C17H23NO3/c1-14(15-9-5-3-6-10-15)13-16(19)18-12-8-4-7-11-17(20)21-2/h3,5-6,9-10,13H,4,7-8,11-12H2,1-2H3,(H,18,19)/b14-13+. The third kappa shape index (κ3) is 7.30. The summed E-state index contributed by atoms with van der Waals surface area (Å²) in [6, 6.07) is 9.81. The van der Waals surface area contributed by atoms with Gasteiger partial charge in [0.25, 0.3) is 0 Å². The van der Waals surface area contributed by atoms with Crippen LogP contribution in [0.3, 0.4) is 0 Å². The van der Waals surface area contributed by atoms with Gasteiger partial charge >= 0.3 is 5.97 Å². The van der Waals surface area contributed by atoms with Crippen LogP contribution < -0.4 is 5.32 Å². The fourth-order valence-electron chi connectivity index (χ4n) is 1.92. The number of hydrogen-bond acceptors (Lipinski definition) is 3. The average molecular weight is 289 g/mol. The first-order valence-electron chi connectivity index (χ1n) is 7.22. The largest absolute Gasteiger partial charge is 0.469 e. The third-order valence-corrected chi connectivity index (χ3v) is 3.16. The van der Waals surface area contributed by atoms with Gasteiger partial charge in [0, 0.05) is 19.0 Å². The first-order valence-corrected chi connectivity index (χ1v) is 7.22. The van der Waals surface area contributed by atoms with E-state index in [4.69, 9.17) is 0 Å². The van der Waals surface area contributed by atoms with E-state index in [2.05, 4.69) is 10.1 Å². The van der Waals surface area contributed by atoms with Gasteiger partial charge in [0.2, 0.25) is 5.91 Å². The third-order valence-electron chi connectivity index (χ3n) is 3.16. The molecule has 0 aliphatic heterocycles. The van der Waals surface area contributed by atoms with Crippen LogP contribution in [0.4, 0.5) is 0 Å². The second-order valence-electron chi connectivity index (χ2n) is 4.87. The molecule has 1 aromatic rings. The molecule has 1 N–H and O–H groups in total. The molecule has 0 atom stereocenters. The van der Waals surface area contributed by atoms with Crippen LogP contribution in [-0.2, 0) is 14.3 Å². The molecule has 0 saturated carbocycles. The average Bonchev–Trinajstić information content (AvgIpc) is 2.51. The summed E-state index contributed by atoms with van der Waals surface area (Å²) in [4.78, 5) is 22.7. The molecule has 0 fully saturated rings. The summed E-state index contributed by atoms with van der Waals surface area (Å²) in [7, 11) is 1.39. The summed E-state index contributed by atoms with van der Waals surface area (Å²) in [5.41, 5.74) is 1.99. The molecule has 0 aliphatic rings. The first-order chi connectivity index (χ1) is 10.1. The van der Waals surface area contributed by atoms with Crippen molar-refractivity contribution in [2.75, 3.05) is 13.7 Å². The maximum atomic E-state index is 11.8. The molecule has 21 heavy (non-hydrogen) atoms. The lowest BCUT2D eigenvalue weighted by atomic mass is 10.1. The molecule has 0 unspecified atom stereocenters. The summed E-state index contributed by atoms with van der Waals surface area (Å²) in [6.07, 6.45) is 4.61. The van der Waals surface area contributed by atoms with E-state index in [1.165, 1.54) is 7.11 Å². The Kier molecular flexibility index (Phi) is 7.87. The second kappa shape index (κ2) is 9.75. The summed E-state index contributed by atoms with van der Waals surface area (Å²) < 4.78 is 4.56. The number of carbonyl (C=O) groups excluding carboxylic acids is 2. The lowest BCUT2D eigenvalue weighted by Gasteiger charge is -2.04. The van der Waals surface area contributed by atoms with Crippen LogP contribution in [0, 0.1) is 0 Å². The Balaban J connectivity index is 2.21. The lowest BCUT2D eigenvalue weighted by molar-refractivity contribution is -0.140. The molecule has 0 aromatic heterocycles. The van der Waals surface area contributed by atoms with Crippen molar-refractivity contribution in [3.05, 3.63) is 42.0 Å². The van der Waals surface area contributed by atoms with E-state index in [-0.39, 0.29) is 11.9 Å². The monoisotopic (exact) mass is 289 g/mol. The van der Waals surface area contributed by atoms with Crippen LogP contribution in [0.5, 0.6) is 0 Å². The summed E-state index contributed by atoms with van der Waals surface area (Å²) >= 11 is 0.